The highest BCUT2D eigenvalue weighted by atomic mass is 32.1. The Morgan fingerprint density at radius 3 is 1.03 bits per heavy atom. The minimum Gasteiger partial charge on any atom is -0.141 e. The first kappa shape index (κ1) is 31.0. The number of thiophene rings is 2. The van der Waals surface area contributed by atoms with Gasteiger partial charge in [0.15, 0.2) is 0 Å². The van der Waals surface area contributed by atoms with Crippen molar-refractivity contribution >= 4 is 153 Å². The van der Waals surface area contributed by atoms with E-state index in [1.165, 1.54) is 9.75 Å². The number of allylic oxidation sites excluding steroid dienone is 6. The molecule has 2 spiro atoms. The van der Waals surface area contributed by atoms with E-state index in [9.17, 15) is 0 Å². The number of rotatable bonds is 2. The molecule has 2 heterocycles. The van der Waals surface area contributed by atoms with Gasteiger partial charge in [-0.2, -0.15) is 0 Å². The summed E-state index contributed by atoms with van der Waals surface area (Å²) in [6, 6.07) is 10.4. The molecule has 0 radical (unpaired) electrons. The first-order chi connectivity index (χ1) is 37.7. The summed E-state index contributed by atoms with van der Waals surface area (Å²) in [5.41, 5.74) is 46.1. The van der Waals surface area contributed by atoms with Crippen LogP contribution in [0.5, 0.6) is 0 Å². The zero-order chi connectivity index (χ0) is 45.6. The van der Waals surface area contributed by atoms with Gasteiger partial charge in [0.2, 0.25) is 0 Å². The minimum atomic E-state index is -0.207. The Morgan fingerprint density at radius 1 is 0.289 bits per heavy atom. The fraction of sp³-hybridized carbons (Fsp3) is 0.270. The Morgan fingerprint density at radius 2 is 0.618 bits per heavy atom. The third-order valence-corrected chi connectivity index (χ3v) is 32.8. The molecule has 0 aliphatic heterocycles. The molecule has 2 aromatic heterocycles. The van der Waals surface area contributed by atoms with E-state index in [0.717, 1.165) is 0 Å². The van der Waals surface area contributed by atoms with Gasteiger partial charge in [-0.15, -0.1) is 22.7 Å². The van der Waals surface area contributed by atoms with Gasteiger partial charge in [-0.3, -0.25) is 0 Å². The van der Waals surface area contributed by atoms with E-state index in [1.807, 2.05) is 230 Å². The highest BCUT2D eigenvalue weighted by Crippen LogP contribution is 2.99. The van der Waals surface area contributed by atoms with Crippen molar-refractivity contribution in [1.82, 2.24) is 0 Å². The van der Waals surface area contributed by atoms with Gasteiger partial charge in [0, 0.05) is 89.5 Å². The molecule has 0 N–H and O–H groups in total. The van der Waals surface area contributed by atoms with Crippen LogP contribution in [0.25, 0.3) is 130 Å². The van der Waals surface area contributed by atoms with Crippen LogP contribution in [0.3, 0.4) is 0 Å². The van der Waals surface area contributed by atoms with E-state index < -0.39 is 0 Å². The molecular formula is C74H28S2. The van der Waals surface area contributed by atoms with E-state index >= 15 is 0 Å². The topological polar surface area (TPSA) is 0 Å². The molecule has 0 nitrogen and oxygen atoms in total. The monoisotopic (exact) mass is 980 g/mol. The van der Waals surface area contributed by atoms with Crippen LogP contribution >= 0.6 is 22.7 Å². The van der Waals surface area contributed by atoms with Crippen molar-refractivity contribution in [2.24, 2.45) is 0 Å². The summed E-state index contributed by atoms with van der Waals surface area (Å²) in [6.45, 7) is 4.84. The maximum Gasteiger partial charge on any atom is 0.0445 e. The lowest BCUT2D eigenvalue weighted by molar-refractivity contribution is 0.144. The van der Waals surface area contributed by atoms with Crippen LogP contribution in [0.1, 0.15) is 225 Å². The smallest absolute Gasteiger partial charge is 0.0445 e. The molecule has 2 heteroatoms. The van der Waals surface area contributed by atoms with Gasteiger partial charge in [0.05, 0.1) is 0 Å². The molecule has 0 saturated carbocycles. The van der Waals surface area contributed by atoms with E-state index in [2.05, 4.69) is 72.9 Å². The van der Waals surface area contributed by atoms with Crippen molar-refractivity contribution in [3.05, 3.63) is 167 Å². The summed E-state index contributed by atoms with van der Waals surface area (Å²) in [7, 11) is 0. The standard InChI is InChI=1S/C74H28S2/c1-9-3-7-13(75-9)11-5-6-12(14-8-4-10(2)76-14)74-71-63-55-45-35-27-19-16-15-17-21-23(19)31-37-29(21)39-33-25(17)26-18(15)22-24-20(16)28(27)36-42-32(24)38-30(22)40-34(26)44-43(33)53-47(39)57-51(37)59(49(55)41(31)35)67(71)65(57)69-61(53)62-54(44)48(40)58-52(38)60-50(42)56(46(36)45)64(63)72(74)68(60)66(58)70(62)73(11,69)74/h3-8,15-17,21,29,32,39,42,47,50,57,60,65,68-69,72H,1-2H3. The van der Waals surface area contributed by atoms with Crippen molar-refractivity contribution in [1.29, 1.82) is 0 Å². The highest BCUT2D eigenvalue weighted by molar-refractivity contribution is 7.13. The summed E-state index contributed by atoms with van der Waals surface area (Å²) in [5, 5.41) is 37.2. The molecule has 336 valence electrons. The van der Waals surface area contributed by atoms with Crippen LogP contribution in [0.2, 0.25) is 0 Å². The average molecular weight is 981 g/mol. The first-order valence-electron chi connectivity index (χ1n) is 30.0. The Hall–Kier alpha value is -6.58. The van der Waals surface area contributed by atoms with E-state index in [0.29, 0.717) is 94.7 Å². The van der Waals surface area contributed by atoms with Crippen molar-refractivity contribution in [2.45, 2.75) is 119 Å². The van der Waals surface area contributed by atoms with Crippen LogP contribution in [0, 0.1) is 13.8 Å². The number of hydrogen-bond donors (Lipinski definition) is 0. The van der Waals surface area contributed by atoms with Crippen molar-refractivity contribution in [3.8, 4) is 0 Å². The number of aryl methyl sites for hydroxylation is 2. The molecule has 21 aliphatic carbocycles. The van der Waals surface area contributed by atoms with Gasteiger partial charge in [-0.1, -0.05) is 12.2 Å². The second kappa shape index (κ2) is 7.37. The molecule has 14 aromatic rings. The van der Waals surface area contributed by atoms with Gasteiger partial charge in [0.25, 0.3) is 0 Å². The van der Waals surface area contributed by atoms with Crippen LogP contribution < -0.4 is 0 Å². The maximum atomic E-state index is 2.86. The van der Waals surface area contributed by atoms with Crippen molar-refractivity contribution in [3.63, 3.8) is 0 Å². The maximum absolute atomic E-state index is 2.86. The van der Waals surface area contributed by atoms with E-state index in [1.54, 1.807) is 20.9 Å². The van der Waals surface area contributed by atoms with E-state index in [-0.39, 0.29) is 10.8 Å². The largest absolute Gasteiger partial charge is 0.141 e. The summed E-state index contributed by atoms with van der Waals surface area (Å²) in [6.07, 6.45) is 5.71. The third-order valence-electron chi connectivity index (χ3n) is 30.7. The summed E-state index contributed by atoms with van der Waals surface area (Å²) in [4.78, 5) is 6.14. The zero-order valence-corrected chi connectivity index (χ0v) is 42.2. The first-order valence-corrected chi connectivity index (χ1v) is 31.6. The van der Waals surface area contributed by atoms with E-state index in [4.69, 9.17) is 0 Å². The fourth-order valence-electron chi connectivity index (χ4n) is 31.7. The lowest BCUT2D eigenvalue weighted by Crippen LogP contribution is -2.63. The lowest BCUT2D eigenvalue weighted by atomic mass is 9.33. The molecule has 0 bridgehead atoms. The molecule has 76 heavy (non-hydrogen) atoms. The predicted molar refractivity (Wildman–Crippen MR) is 303 cm³/mol. The average Bonchev–Trinajstić information content (AvgIpc) is 2.84. The van der Waals surface area contributed by atoms with Crippen LogP contribution in [-0.4, -0.2) is 0 Å². The molecule has 12 aromatic carbocycles. The second-order valence-corrected chi connectivity index (χ2v) is 32.8. The normalized spacial score (nSPS) is 41.2. The van der Waals surface area contributed by atoms with Gasteiger partial charge < -0.3 is 0 Å². The van der Waals surface area contributed by atoms with Crippen molar-refractivity contribution < 1.29 is 0 Å². The SMILES string of the molecule is Cc1ccc(C2=CC=C(c3ccc(C)s3)C34c5c6c7c8c9c%10c%11c%12c%13c%14c%15c%16c%17c(c5c5c%16c%13c%10c75)C3C3c5c7c%10c%13c%16c%18c%19c%20c%21c%22c%23c%24c%25c(c5c5c%24c%21c%18c%105)C3C%17C%15C%25C%23C%14C%12C%22C%20=C%11C9C%19C%16C8C6C%13C274)s1. The molecule has 0 fully saturated rings. The van der Waals surface area contributed by atoms with Gasteiger partial charge in [-0.25, -0.2) is 0 Å². The van der Waals surface area contributed by atoms with Gasteiger partial charge >= 0.3 is 0 Å². The zero-order valence-electron chi connectivity index (χ0n) is 40.5. The molecule has 0 amide bonds. The number of hydrogen-bond acceptors (Lipinski definition) is 2. The molecule has 35 rings (SSSR count). The molecule has 18 atom stereocenters. The minimum absolute atomic E-state index is 0.206. The lowest BCUT2D eigenvalue weighted by Gasteiger charge is -2.68. The number of benzene rings is 10. The Kier molecular flexibility index (Phi) is 3.00. The van der Waals surface area contributed by atoms with Crippen molar-refractivity contribution in [2.75, 3.05) is 0 Å². The summed E-state index contributed by atoms with van der Waals surface area (Å²) < 4.78 is 0. The van der Waals surface area contributed by atoms with Gasteiger partial charge in [-0.05, 0) is 315 Å². The van der Waals surface area contributed by atoms with Gasteiger partial charge in [0.1, 0.15) is 0 Å². The van der Waals surface area contributed by atoms with Crippen LogP contribution in [-0.2, 0) is 10.8 Å². The Labute approximate surface area is 436 Å². The Balaban J connectivity index is 1.01. The van der Waals surface area contributed by atoms with Crippen LogP contribution in [0.4, 0.5) is 0 Å². The second-order valence-electron chi connectivity index (χ2n) is 30.3. The molecule has 0 saturated heterocycles. The third kappa shape index (κ3) is 1.77. The molecule has 18 unspecified atom stereocenters. The molecule has 21 aliphatic rings. The Bertz CT molecular complexity index is 6280. The van der Waals surface area contributed by atoms with Crippen LogP contribution in [0.15, 0.2) is 36.4 Å². The molecular weight excluding hydrogens is 953 g/mol. The summed E-state index contributed by atoms with van der Waals surface area (Å²) in [5.74, 6) is 8.87. The quantitative estimate of drug-likeness (QED) is 0.151. The highest BCUT2D eigenvalue weighted by Gasteiger charge is 2.86. The summed E-state index contributed by atoms with van der Waals surface area (Å²) >= 11 is 4.31. The fourth-order valence-corrected chi connectivity index (χ4v) is 33.7. The predicted octanol–water partition coefficient (Wildman–Crippen LogP) is 17.7.